The van der Waals surface area contributed by atoms with Crippen LogP contribution in [0.1, 0.15) is 0 Å². The van der Waals surface area contributed by atoms with Gasteiger partial charge in [-0.15, -0.1) is 0 Å². The van der Waals surface area contributed by atoms with Crippen LogP contribution in [0, 0.1) is 0 Å². The van der Waals surface area contributed by atoms with E-state index in [-0.39, 0.29) is 0 Å². The van der Waals surface area contributed by atoms with Crippen LogP contribution in [0.5, 0.6) is 0 Å². The van der Waals surface area contributed by atoms with Crippen LogP contribution in [0.25, 0.3) is 0 Å². The lowest BCUT2D eigenvalue weighted by Crippen LogP contribution is -2.48. The number of rotatable bonds is 0. The predicted molar refractivity (Wildman–Crippen MR) is 41.5 cm³/mol. The van der Waals surface area contributed by atoms with E-state index in [9.17, 15) is 18.0 Å². The highest BCUT2D eigenvalue weighted by atomic mass is 127. The molecule has 0 aromatic rings. The van der Waals surface area contributed by atoms with E-state index in [1.807, 2.05) is 0 Å². The molecule has 1 unspecified atom stereocenters. The maximum Gasteiger partial charge on any atom is 0.416 e. The summed E-state index contributed by atoms with van der Waals surface area (Å²) in [6.07, 6.45) is -6.23. The third-order valence-corrected chi connectivity index (χ3v) is 2.30. The van der Waals surface area contributed by atoms with E-state index in [1.54, 1.807) is 22.9 Å². The van der Waals surface area contributed by atoms with Gasteiger partial charge in [0.2, 0.25) is 0 Å². The number of hydrogen-bond acceptors (Lipinski definition) is 2. The minimum absolute atomic E-state index is 0.428. The second-order valence-corrected chi connectivity index (χ2v) is 3.44. The summed E-state index contributed by atoms with van der Waals surface area (Å²) in [5.74, 6) is -0.434. The minimum Gasteiger partial charge on any atom is -0.357 e. The topological polar surface area (TPSA) is 29.5 Å². The smallest absolute Gasteiger partial charge is 0.357 e. The molecule has 7 heteroatoms. The van der Waals surface area contributed by atoms with Gasteiger partial charge in [-0.3, -0.25) is 7.91 Å². The Balaban J connectivity index is 2.57. The van der Waals surface area contributed by atoms with Gasteiger partial charge in [-0.2, -0.15) is 13.2 Å². The van der Waals surface area contributed by atoms with E-state index in [0.717, 1.165) is 3.11 Å². The van der Waals surface area contributed by atoms with Crippen LogP contribution in [0.4, 0.5) is 13.2 Å². The number of hydrogen-bond donors (Lipinski definition) is 0. The molecule has 0 aromatic heterocycles. The normalized spacial score (nSPS) is 26.2. The molecule has 0 radical (unpaired) electrons. The number of nitrogens with zero attached hydrogens (tertiary/aromatic N) is 1. The molecule has 1 aliphatic rings. The predicted octanol–water partition coefficient (Wildman–Crippen LogP) is 1.13. The number of alkyl halides is 3. The largest absolute Gasteiger partial charge is 0.416 e. The highest BCUT2D eigenvalue weighted by Crippen LogP contribution is 2.26. The molecule has 1 heterocycles. The van der Waals surface area contributed by atoms with Crippen molar-refractivity contribution in [1.29, 1.82) is 0 Å². The molecule has 0 saturated carbocycles. The van der Waals surface area contributed by atoms with Gasteiger partial charge in [0, 0.05) is 0 Å². The fourth-order valence-electron chi connectivity index (χ4n) is 0.740. The van der Waals surface area contributed by atoms with Crippen molar-refractivity contribution in [3.63, 3.8) is 0 Å². The molecule has 12 heavy (non-hydrogen) atoms. The van der Waals surface area contributed by atoms with E-state index < -0.39 is 31.3 Å². The molecule has 0 bridgehead atoms. The number of carbonyl (C=O) groups is 1. The van der Waals surface area contributed by atoms with E-state index in [2.05, 4.69) is 4.74 Å². The Morgan fingerprint density at radius 2 is 2.17 bits per heavy atom. The van der Waals surface area contributed by atoms with Crippen LogP contribution in [0.3, 0.4) is 0 Å². The monoisotopic (exact) mass is 295 g/mol. The summed E-state index contributed by atoms with van der Waals surface area (Å²) < 4.78 is 41.2. The Bertz CT molecular complexity index is 196. The molecule has 3 nitrogen and oxygen atoms in total. The number of morpholine rings is 1. The standard InChI is InChI=1S/C5H5F3INO2/c6-5(7,8)3-1-10(9)4(11)2-12-3/h3H,1-2H2. The fraction of sp³-hybridized carbons (Fsp3) is 0.800. The Hall–Kier alpha value is -0.0500. The maximum atomic E-state index is 12.0. The van der Waals surface area contributed by atoms with Crippen LogP contribution in [0.15, 0.2) is 0 Å². The first-order chi connectivity index (χ1) is 5.41. The van der Waals surface area contributed by atoms with Crippen molar-refractivity contribution in [2.45, 2.75) is 12.3 Å². The van der Waals surface area contributed by atoms with E-state index in [0.29, 0.717) is 0 Å². The Morgan fingerprint density at radius 1 is 1.58 bits per heavy atom. The van der Waals surface area contributed by atoms with Gasteiger partial charge >= 0.3 is 6.18 Å². The van der Waals surface area contributed by atoms with Gasteiger partial charge in [-0.25, -0.2) is 0 Å². The van der Waals surface area contributed by atoms with Gasteiger partial charge in [0.15, 0.2) is 6.10 Å². The van der Waals surface area contributed by atoms with Gasteiger partial charge in [0.1, 0.15) is 6.61 Å². The zero-order valence-electron chi connectivity index (χ0n) is 5.77. The summed E-state index contributed by atoms with van der Waals surface area (Å²) in [5.41, 5.74) is 0. The minimum atomic E-state index is -4.38. The third-order valence-electron chi connectivity index (χ3n) is 1.37. The van der Waals surface area contributed by atoms with Crippen LogP contribution < -0.4 is 0 Å². The van der Waals surface area contributed by atoms with E-state index >= 15 is 0 Å². The molecule has 1 amide bonds. The first-order valence-corrected chi connectivity index (χ1v) is 4.02. The van der Waals surface area contributed by atoms with Gasteiger partial charge in [-0.05, 0) is 0 Å². The van der Waals surface area contributed by atoms with Crippen LogP contribution in [-0.2, 0) is 9.53 Å². The van der Waals surface area contributed by atoms with Crippen molar-refractivity contribution in [2.24, 2.45) is 0 Å². The molecular formula is C5H5F3INO2. The van der Waals surface area contributed by atoms with E-state index in [4.69, 9.17) is 0 Å². The molecule has 0 N–H and O–H groups in total. The number of ether oxygens (including phenoxy) is 1. The van der Waals surface area contributed by atoms with Gasteiger partial charge < -0.3 is 4.74 Å². The molecule has 1 saturated heterocycles. The van der Waals surface area contributed by atoms with Gasteiger partial charge in [0.05, 0.1) is 29.4 Å². The number of amides is 1. The quantitative estimate of drug-likeness (QED) is 0.495. The summed E-state index contributed by atoms with van der Waals surface area (Å²) in [4.78, 5) is 10.7. The van der Waals surface area contributed by atoms with Crippen LogP contribution in [-0.4, -0.2) is 34.5 Å². The van der Waals surface area contributed by atoms with E-state index in [1.165, 1.54) is 0 Å². The molecule has 1 aliphatic heterocycles. The average molecular weight is 295 g/mol. The molecule has 0 aliphatic carbocycles. The van der Waals surface area contributed by atoms with Crippen molar-refractivity contribution >= 4 is 28.8 Å². The summed E-state index contributed by atoms with van der Waals surface area (Å²) in [7, 11) is 0. The van der Waals surface area contributed by atoms with Gasteiger partial charge in [-0.1, -0.05) is 0 Å². The molecule has 70 valence electrons. The number of carbonyl (C=O) groups excluding carboxylic acids is 1. The number of halogens is 4. The van der Waals surface area contributed by atoms with Crippen molar-refractivity contribution in [3.8, 4) is 0 Å². The molecule has 1 rings (SSSR count). The van der Waals surface area contributed by atoms with Crippen molar-refractivity contribution in [3.05, 3.63) is 0 Å². The Morgan fingerprint density at radius 3 is 2.58 bits per heavy atom. The van der Waals surface area contributed by atoms with Crippen LogP contribution in [0.2, 0.25) is 0 Å². The van der Waals surface area contributed by atoms with Crippen molar-refractivity contribution in [2.75, 3.05) is 13.2 Å². The first-order valence-electron chi connectivity index (χ1n) is 3.05. The average Bonchev–Trinajstić information content (AvgIpc) is 1.92. The molecule has 0 spiro atoms. The van der Waals surface area contributed by atoms with Crippen molar-refractivity contribution in [1.82, 2.24) is 3.11 Å². The molecule has 0 aromatic carbocycles. The molecule has 1 fully saturated rings. The first kappa shape index (κ1) is 10.0. The maximum absolute atomic E-state index is 12.0. The summed E-state index contributed by atoms with van der Waals surface area (Å²) >= 11 is 1.54. The SMILES string of the molecule is O=C1COC(C(F)(F)F)CN1I. The highest BCUT2D eigenvalue weighted by molar-refractivity contribution is 14.1. The Labute approximate surface area is 80.3 Å². The second-order valence-electron chi connectivity index (χ2n) is 2.28. The molecular weight excluding hydrogens is 290 g/mol. The summed E-state index contributed by atoms with van der Waals surface area (Å²) in [5, 5.41) is 0. The zero-order chi connectivity index (χ0) is 9.35. The lowest BCUT2D eigenvalue weighted by Gasteiger charge is -2.29. The summed E-state index contributed by atoms with van der Waals surface area (Å²) in [6, 6.07) is 0. The highest BCUT2D eigenvalue weighted by Gasteiger charge is 2.44. The lowest BCUT2D eigenvalue weighted by atomic mass is 10.3. The van der Waals surface area contributed by atoms with Crippen LogP contribution >= 0.6 is 22.9 Å². The summed E-state index contributed by atoms with van der Waals surface area (Å²) in [6.45, 7) is -0.921. The molecule has 1 atom stereocenters. The third kappa shape index (κ3) is 2.22. The Kier molecular flexibility index (Phi) is 2.81. The van der Waals surface area contributed by atoms with Crippen molar-refractivity contribution < 1.29 is 22.7 Å². The van der Waals surface area contributed by atoms with Gasteiger partial charge in [0.25, 0.3) is 5.91 Å². The second kappa shape index (κ2) is 3.36. The zero-order valence-corrected chi connectivity index (χ0v) is 7.92. The lowest BCUT2D eigenvalue weighted by molar-refractivity contribution is -0.228. The fourth-order valence-corrected chi connectivity index (χ4v) is 1.24.